The summed E-state index contributed by atoms with van der Waals surface area (Å²) in [7, 11) is 4.63. The second-order valence-corrected chi connectivity index (χ2v) is 5.29. The maximum absolute atomic E-state index is 13.5. The van der Waals surface area contributed by atoms with Crippen LogP contribution in [0.5, 0.6) is 17.2 Å². The Bertz CT molecular complexity index is 631. The normalized spacial score (nSPS) is 11.9. The van der Waals surface area contributed by atoms with E-state index in [4.69, 9.17) is 14.2 Å². The molecule has 0 aliphatic rings. The van der Waals surface area contributed by atoms with Gasteiger partial charge in [0.25, 0.3) is 0 Å². The third-order valence-electron chi connectivity index (χ3n) is 3.17. The number of methoxy groups -OCH3 is 3. The summed E-state index contributed by atoms with van der Waals surface area (Å²) < 4.78 is 29.0. The van der Waals surface area contributed by atoms with E-state index >= 15 is 0 Å². The molecule has 0 aliphatic carbocycles. The summed E-state index contributed by atoms with van der Waals surface area (Å²) in [5, 5.41) is 0. The second-order valence-electron chi connectivity index (χ2n) is 4.37. The second kappa shape index (κ2) is 6.80. The van der Waals surface area contributed by atoms with E-state index in [2.05, 4.69) is 15.9 Å². The summed E-state index contributed by atoms with van der Waals surface area (Å²) in [4.78, 5) is -0.105. The van der Waals surface area contributed by atoms with E-state index in [0.717, 1.165) is 11.1 Å². The van der Waals surface area contributed by atoms with Gasteiger partial charge in [-0.1, -0.05) is 28.1 Å². The highest BCUT2D eigenvalue weighted by Gasteiger charge is 2.15. The molecular formula is C16H16BrFO3. The maximum Gasteiger partial charge on any atom is 0.165 e. The van der Waals surface area contributed by atoms with Gasteiger partial charge in [0.15, 0.2) is 23.1 Å². The van der Waals surface area contributed by atoms with Crippen molar-refractivity contribution in [2.45, 2.75) is 4.83 Å². The number of alkyl halides is 1. The van der Waals surface area contributed by atoms with Crippen molar-refractivity contribution in [3.63, 3.8) is 0 Å². The highest BCUT2D eigenvalue weighted by Crippen LogP contribution is 2.37. The fourth-order valence-electron chi connectivity index (χ4n) is 2.04. The van der Waals surface area contributed by atoms with Gasteiger partial charge in [0, 0.05) is 0 Å². The van der Waals surface area contributed by atoms with Crippen LogP contribution in [-0.2, 0) is 0 Å². The van der Waals surface area contributed by atoms with Gasteiger partial charge in [-0.25, -0.2) is 4.39 Å². The van der Waals surface area contributed by atoms with Crippen LogP contribution in [0.4, 0.5) is 4.39 Å². The standard InChI is InChI=1S/C16H16BrFO3/c1-19-13-7-5-11(9-15(13)21-3)16(17)10-4-6-12(18)14(8-10)20-2/h4-9,16H,1-3H3. The fourth-order valence-corrected chi connectivity index (χ4v) is 2.61. The van der Waals surface area contributed by atoms with Crippen LogP contribution in [0, 0.1) is 5.82 Å². The summed E-state index contributed by atoms with van der Waals surface area (Å²) in [6.45, 7) is 0. The molecule has 3 nitrogen and oxygen atoms in total. The van der Waals surface area contributed by atoms with Crippen LogP contribution in [-0.4, -0.2) is 21.3 Å². The molecule has 0 aliphatic heterocycles. The smallest absolute Gasteiger partial charge is 0.165 e. The predicted octanol–water partition coefficient (Wildman–Crippen LogP) is 4.34. The lowest BCUT2D eigenvalue weighted by Crippen LogP contribution is -1.97. The van der Waals surface area contributed by atoms with E-state index in [9.17, 15) is 4.39 Å². The van der Waals surface area contributed by atoms with E-state index in [1.807, 2.05) is 18.2 Å². The van der Waals surface area contributed by atoms with Crippen LogP contribution >= 0.6 is 15.9 Å². The van der Waals surface area contributed by atoms with Gasteiger partial charge in [0.05, 0.1) is 26.2 Å². The molecule has 0 saturated carbocycles. The average Bonchev–Trinajstić information content (AvgIpc) is 2.53. The molecule has 0 saturated heterocycles. The van der Waals surface area contributed by atoms with Gasteiger partial charge in [-0.05, 0) is 35.4 Å². The van der Waals surface area contributed by atoms with Crippen LogP contribution in [0.2, 0.25) is 0 Å². The molecule has 0 bridgehead atoms. The van der Waals surface area contributed by atoms with E-state index in [1.165, 1.54) is 13.2 Å². The zero-order chi connectivity index (χ0) is 15.4. The third kappa shape index (κ3) is 3.29. The van der Waals surface area contributed by atoms with Crippen molar-refractivity contribution in [1.82, 2.24) is 0 Å². The fraction of sp³-hybridized carbons (Fsp3) is 0.250. The van der Waals surface area contributed by atoms with E-state index in [0.29, 0.717) is 11.5 Å². The predicted molar refractivity (Wildman–Crippen MR) is 83.3 cm³/mol. The van der Waals surface area contributed by atoms with Gasteiger partial charge in [0.1, 0.15) is 0 Å². The topological polar surface area (TPSA) is 27.7 Å². The molecule has 5 heteroatoms. The van der Waals surface area contributed by atoms with Crippen LogP contribution in [0.15, 0.2) is 36.4 Å². The lowest BCUT2D eigenvalue weighted by Gasteiger charge is -2.15. The molecular weight excluding hydrogens is 339 g/mol. The van der Waals surface area contributed by atoms with Gasteiger partial charge >= 0.3 is 0 Å². The highest BCUT2D eigenvalue weighted by molar-refractivity contribution is 9.09. The monoisotopic (exact) mass is 354 g/mol. The van der Waals surface area contributed by atoms with Crippen molar-refractivity contribution < 1.29 is 18.6 Å². The van der Waals surface area contributed by atoms with Crippen molar-refractivity contribution in [2.24, 2.45) is 0 Å². The summed E-state index contributed by atoms with van der Waals surface area (Å²) in [6.07, 6.45) is 0. The molecule has 0 aromatic heterocycles. The van der Waals surface area contributed by atoms with Gasteiger partial charge in [-0.2, -0.15) is 0 Å². The Morgan fingerprint density at radius 3 is 1.90 bits per heavy atom. The number of rotatable bonds is 5. The number of hydrogen-bond acceptors (Lipinski definition) is 3. The summed E-state index contributed by atoms with van der Waals surface area (Å²) >= 11 is 3.62. The SMILES string of the molecule is COc1cc(C(Br)c2ccc(OC)c(OC)c2)ccc1F. The highest BCUT2D eigenvalue weighted by atomic mass is 79.9. The summed E-state index contributed by atoms with van der Waals surface area (Å²) in [6, 6.07) is 10.4. The first-order valence-electron chi connectivity index (χ1n) is 6.30. The van der Waals surface area contributed by atoms with Crippen LogP contribution < -0.4 is 14.2 Å². The van der Waals surface area contributed by atoms with Crippen LogP contribution in [0.3, 0.4) is 0 Å². The van der Waals surface area contributed by atoms with Crippen molar-refractivity contribution in [1.29, 1.82) is 0 Å². The summed E-state index contributed by atoms with van der Waals surface area (Å²) in [5.74, 6) is 1.15. The van der Waals surface area contributed by atoms with Gasteiger partial charge in [-0.15, -0.1) is 0 Å². The van der Waals surface area contributed by atoms with Crippen molar-refractivity contribution in [3.05, 3.63) is 53.3 Å². The van der Waals surface area contributed by atoms with Crippen molar-refractivity contribution in [3.8, 4) is 17.2 Å². The Labute approximate surface area is 131 Å². The first kappa shape index (κ1) is 15.6. The molecule has 1 atom stereocenters. The molecule has 2 aromatic carbocycles. The number of ether oxygens (including phenoxy) is 3. The van der Waals surface area contributed by atoms with E-state index in [-0.39, 0.29) is 16.4 Å². The minimum absolute atomic E-state index is 0.105. The number of benzene rings is 2. The molecule has 21 heavy (non-hydrogen) atoms. The van der Waals surface area contributed by atoms with Crippen LogP contribution in [0.1, 0.15) is 16.0 Å². The Kier molecular flexibility index (Phi) is 5.07. The zero-order valence-corrected chi connectivity index (χ0v) is 13.6. The van der Waals surface area contributed by atoms with Crippen LogP contribution in [0.25, 0.3) is 0 Å². The molecule has 2 aromatic rings. The number of halogens is 2. The minimum Gasteiger partial charge on any atom is -0.494 e. The lowest BCUT2D eigenvalue weighted by atomic mass is 10.0. The molecule has 0 fully saturated rings. The zero-order valence-electron chi connectivity index (χ0n) is 12.0. The molecule has 0 amide bonds. The molecule has 0 N–H and O–H groups in total. The average molecular weight is 355 g/mol. The van der Waals surface area contributed by atoms with Gasteiger partial charge in [0.2, 0.25) is 0 Å². The lowest BCUT2D eigenvalue weighted by molar-refractivity contribution is 0.354. The van der Waals surface area contributed by atoms with Crippen molar-refractivity contribution in [2.75, 3.05) is 21.3 Å². The minimum atomic E-state index is -0.381. The van der Waals surface area contributed by atoms with E-state index < -0.39 is 0 Å². The summed E-state index contributed by atoms with van der Waals surface area (Å²) in [5.41, 5.74) is 1.86. The van der Waals surface area contributed by atoms with E-state index in [1.54, 1.807) is 26.4 Å². The molecule has 2 rings (SSSR count). The molecule has 0 heterocycles. The molecule has 1 unspecified atom stereocenters. The maximum atomic E-state index is 13.5. The van der Waals surface area contributed by atoms with Crippen molar-refractivity contribution >= 4 is 15.9 Å². The Balaban J connectivity index is 2.37. The number of hydrogen-bond donors (Lipinski definition) is 0. The Morgan fingerprint density at radius 1 is 0.810 bits per heavy atom. The first-order chi connectivity index (χ1) is 10.1. The van der Waals surface area contributed by atoms with Gasteiger partial charge in [-0.3, -0.25) is 0 Å². The quantitative estimate of drug-likeness (QED) is 0.747. The third-order valence-corrected chi connectivity index (χ3v) is 4.23. The molecule has 0 radical (unpaired) electrons. The van der Waals surface area contributed by atoms with Gasteiger partial charge < -0.3 is 14.2 Å². The molecule has 0 spiro atoms. The molecule has 112 valence electrons. The largest absolute Gasteiger partial charge is 0.494 e. The first-order valence-corrected chi connectivity index (χ1v) is 7.21. The Morgan fingerprint density at radius 2 is 1.33 bits per heavy atom. The Hall–Kier alpha value is -1.75.